The Balaban J connectivity index is 2.05. The highest BCUT2D eigenvalue weighted by molar-refractivity contribution is 7.89. The number of aromatic nitrogens is 2. The fourth-order valence-electron chi connectivity index (χ4n) is 2.47. The van der Waals surface area contributed by atoms with Gasteiger partial charge >= 0.3 is 0 Å². The second-order valence-electron chi connectivity index (χ2n) is 5.97. The molecule has 0 aliphatic heterocycles. The van der Waals surface area contributed by atoms with E-state index in [1.165, 1.54) is 12.8 Å². The molecule has 0 amide bonds. The molecule has 1 heterocycles. The number of sulfonamides is 1. The molecule has 2 rings (SSSR count). The summed E-state index contributed by atoms with van der Waals surface area (Å²) in [5.41, 5.74) is 1.15. The first kappa shape index (κ1) is 16.5. The molecule has 1 aromatic rings. The Labute approximate surface area is 127 Å². The lowest BCUT2D eigenvalue weighted by Crippen LogP contribution is -2.30. The Kier molecular flexibility index (Phi) is 5.40. The molecule has 21 heavy (non-hydrogen) atoms. The molecule has 1 saturated carbocycles. The van der Waals surface area contributed by atoms with E-state index in [0.717, 1.165) is 13.0 Å². The van der Waals surface area contributed by atoms with Crippen LogP contribution in [0, 0.1) is 18.8 Å². The highest BCUT2D eigenvalue weighted by atomic mass is 32.2. The van der Waals surface area contributed by atoms with E-state index in [1.54, 1.807) is 6.92 Å². The normalized spacial score (nSPS) is 17.1. The Hall–Kier alpha value is -0.920. The summed E-state index contributed by atoms with van der Waals surface area (Å²) in [5, 5.41) is 10.1. The molecule has 0 bridgehead atoms. The Bertz CT molecular complexity index is 564. The van der Waals surface area contributed by atoms with Crippen LogP contribution in [0.15, 0.2) is 4.90 Å². The summed E-state index contributed by atoms with van der Waals surface area (Å²) in [6.45, 7) is 7.73. The lowest BCUT2D eigenvalue weighted by Gasteiger charge is -2.12. The molecule has 1 atom stereocenters. The van der Waals surface area contributed by atoms with Crippen molar-refractivity contribution >= 4 is 10.0 Å². The molecule has 0 saturated heterocycles. The standard InChI is InChI=1S/C14H26N4O2S/c1-4-7-15-9-13-14(11(3)17-18-13)21(19,20)16-8-10(2)12-5-6-12/h10,12,15-16H,4-9H2,1-3H3,(H,17,18). The molecule has 3 N–H and O–H groups in total. The van der Waals surface area contributed by atoms with E-state index in [9.17, 15) is 8.42 Å². The van der Waals surface area contributed by atoms with E-state index < -0.39 is 10.0 Å². The van der Waals surface area contributed by atoms with Gasteiger partial charge in [-0.05, 0) is 44.6 Å². The number of aryl methyl sites for hydroxylation is 1. The molecule has 1 aliphatic rings. The van der Waals surface area contributed by atoms with Crippen molar-refractivity contribution in [2.75, 3.05) is 13.1 Å². The Morgan fingerprint density at radius 1 is 1.43 bits per heavy atom. The van der Waals surface area contributed by atoms with Gasteiger partial charge in [0.05, 0.1) is 11.4 Å². The maximum Gasteiger partial charge on any atom is 0.244 e. The van der Waals surface area contributed by atoms with Crippen molar-refractivity contribution in [1.29, 1.82) is 0 Å². The van der Waals surface area contributed by atoms with Crippen molar-refractivity contribution in [2.45, 2.75) is 51.5 Å². The molecule has 1 unspecified atom stereocenters. The van der Waals surface area contributed by atoms with Crippen LogP contribution in [0.25, 0.3) is 0 Å². The lowest BCUT2D eigenvalue weighted by molar-refractivity contribution is 0.491. The van der Waals surface area contributed by atoms with Gasteiger partial charge in [-0.2, -0.15) is 5.10 Å². The molecule has 1 aromatic heterocycles. The molecule has 7 heteroatoms. The van der Waals surface area contributed by atoms with Crippen LogP contribution in [-0.4, -0.2) is 31.7 Å². The second kappa shape index (κ2) is 6.89. The third-order valence-electron chi connectivity index (χ3n) is 3.97. The number of aromatic amines is 1. The van der Waals surface area contributed by atoms with Gasteiger partial charge in [0.25, 0.3) is 0 Å². The summed E-state index contributed by atoms with van der Waals surface area (Å²) < 4.78 is 27.8. The van der Waals surface area contributed by atoms with Gasteiger partial charge in [0.1, 0.15) is 4.90 Å². The first-order chi connectivity index (χ1) is 9.95. The molecule has 0 radical (unpaired) electrons. The van der Waals surface area contributed by atoms with Crippen LogP contribution in [0.3, 0.4) is 0 Å². The zero-order valence-corrected chi connectivity index (χ0v) is 13.9. The largest absolute Gasteiger partial charge is 0.311 e. The van der Waals surface area contributed by atoms with Crippen LogP contribution in [0.2, 0.25) is 0 Å². The highest BCUT2D eigenvalue weighted by Crippen LogP contribution is 2.36. The van der Waals surface area contributed by atoms with Crippen molar-refractivity contribution in [2.24, 2.45) is 11.8 Å². The summed E-state index contributed by atoms with van der Waals surface area (Å²) in [5.74, 6) is 1.08. The van der Waals surface area contributed by atoms with E-state index in [4.69, 9.17) is 0 Å². The molecule has 120 valence electrons. The maximum absolute atomic E-state index is 12.5. The van der Waals surface area contributed by atoms with Crippen molar-refractivity contribution in [3.63, 3.8) is 0 Å². The quantitative estimate of drug-likeness (QED) is 0.603. The van der Waals surface area contributed by atoms with Crippen LogP contribution in [0.4, 0.5) is 0 Å². The van der Waals surface area contributed by atoms with E-state index in [1.807, 2.05) is 0 Å². The average Bonchev–Trinajstić information content (AvgIpc) is 3.21. The van der Waals surface area contributed by atoms with Gasteiger partial charge in [0.2, 0.25) is 10.0 Å². The molecule has 0 spiro atoms. The number of nitrogens with one attached hydrogen (secondary N) is 3. The van der Waals surface area contributed by atoms with Crippen LogP contribution >= 0.6 is 0 Å². The Morgan fingerprint density at radius 2 is 2.14 bits per heavy atom. The van der Waals surface area contributed by atoms with Gasteiger partial charge in [-0.1, -0.05) is 13.8 Å². The molecule has 0 aromatic carbocycles. The molecule has 1 fully saturated rings. The molecular weight excluding hydrogens is 288 g/mol. The summed E-state index contributed by atoms with van der Waals surface area (Å²) in [7, 11) is -3.50. The van der Waals surface area contributed by atoms with Gasteiger partial charge in [0.15, 0.2) is 0 Å². The number of H-pyrrole nitrogens is 1. The first-order valence-corrected chi connectivity index (χ1v) is 9.18. The minimum atomic E-state index is -3.50. The molecule has 1 aliphatic carbocycles. The van der Waals surface area contributed by atoms with E-state index in [-0.39, 0.29) is 0 Å². The van der Waals surface area contributed by atoms with Crippen LogP contribution in [-0.2, 0) is 16.6 Å². The number of rotatable bonds is 9. The average molecular weight is 314 g/mol. The number of hydrogen-bond donors (Lipinski definition) is 3. The van der Waals surface area contributed by atoms with Crippen LogP contribution in [0.5, 0.6) is 0 Å². The van der Waals surface area contributed by atoms with Crippen LogP contribution in [0.1, 0.15) is 44.5 Å². The number of nitrogens with zero attached hydrogens (tertiary/aromatic N) is 1. The van der Waals surface area contributed by atoms with Gasteiger partial charge in [-0.15, -0.1) is 0 Å². The third kappa shape index (κ3) is 4.28. The smallest absolute Gasteiger partial charge is 0.244 e. The zero-order valence-electron chi connectivity index (χ0n) is 13.1. The monoisotopic (exact) mass is 314 g/mol. The summed E-state index contributed by atoms with van der Waals surface area (Å²) >= 11 is 0. The van der Waals surface area contributed by atoms with E-state index >= 15 is 0 Å². The zero-order chi connectivity index (χ0) is 15.5. The fourth-order valence-corrected chi connectivity index (χ4v) is 3.98. The Morgan fingerprint density at radius 3 is 2.76 bits per heavy atom. The van der Waals surface area contributed by atoms with Gasteiger partial charge in [-0.25, -0.2) is 13.1 Å². The number of hydrogen-bond acceptors (Lipinski definition) is 4. The van der Waals surface area contributed by atoms with Crippen molar-refractivity contribution < 1.29 is 8.42 Å². The maximum atomic E-state index is 12.5. The minimum Gasteiger partial charge on any atom is -0.311 e. The lowest BCUT2D eigenvalue weighted by atomic mass is 10.1. The second-order valence-corrected chi connectivity index (χ2v) is 7.67. The van der Waals surface area contributed by atoms with E-state index in [2.05, 4.69) is 34.1 Å². The van der Waals surface area contributed by atoms with E-state index in [0.29, 0.717) is 41.2 Å². The SMILES string of the molecule is CCCNCc1n[nH]c(C)c1S(=O)(=O)NCC(C)C1CC1. The molecule has 6 nitrogen and oxygen atoms in total. The minimum absolute atomic E-state index is 0.300. The van der Waals surface area contributed by atoms with Crippen molar-refractivity contribution in [1.82, 2.24) is 20.2 Å². The summed E-state index contributed by atoms with van der Waals surface area (Å²) in [4.78, 5) is 0.300. The third-order valence-corrected chi connectivity index (χ3v) is 5.60. The fraction of sp³-hybridized carbons (Fsp3) is 0.786. The predicted octanol–water partition coefficient (Wildman–Crippen LogP) is 1.54. The van der Waals surface area contributed by atoms with Crippen molar-refractivity contribution in [3.05, 3.63) is 11.4 Å². The first-order valence-electron chi connectivity index (χ1n) is 7.70. The van der Waals surface area contributed by atoms with Crippen molar-refractivity contribution in [3.8, 4) is 0 Å². The van der Waals surface area contributed by atoms with Gasteiger partial charge < -0.3 is 5.32 Å². The summed E-state index contributed by atoms with van der Waals surface area (Å²) in [6.07, 6.45) is 3.45. The van der Waals surface area contributed by atoms with Gasteiger partial charge in [-0.3, -0.25) is 5.10 Å². The topological polar surface area (TPSA) is 86.9 Å². The molecular formula is C14H26N4O2S. The predicted molar refractivity (Wildman–Crippen MR) is 82.4 cm³/mol. The highest BCUT2D eigenvalue weighted by Gasteiger charge is 2.30. The summed E-state index contributed by atoms with van der Waals surface area (Å²) in [6, 6.07) is 0. The van der Waals surface area contributed by atoms with Crippen LogP contribution < -0.4 is 10.0 Å². The van der Waals surface area contributed by atoms with Gasteiger partial charge in [0, 0.05) is 13.1 Å².